The summed E-state index contributed by atoms with van der Waals surface area (Å²) >= 11 is 0. The van der Waals surface area contributed by atoms with Gasteiger partial charge < -0.3 is 10.4 Å². The lowest BCUT2D eigenvalue weighted by Crippen LogP contribution is -2.05. The smallest absolute Gasteiger partial charge is 0.354 e. The first-order chi connectivity index (χ1) is 6.18. The quantitative estimate of drug-likeness (QED) is 0.615. The lowest BCUT2D eigenvalue weighted by atomic mass is 10.2. The highest BCUT2D eigenvalue weighted by molar-refractivity contribution is 6.01. The first-order valence-corrected chi connectivity index (χ1v) is 3.55. The molecule has 1 aromatic rings. The molecule has 1 aliphatic rings. The molecule has 1 amide bonds. The second kappa shape index (κ2) is 2.51. The summed E-state index contributed by atoms with van der Waals surface area (Å²) in [6, 6.07) is 0. The number of carbonyl (C=O) groups is 2. The number of nitrogens with one attached hydrogen (secondary N) is 1. The number of amides is 1. The van der Waals surface area contributed by atoms with Crippen LogP contribution in [-0.4, -0.2) is 27.0 Å². The molecule has 66 valence electrons. The molecule has 0 aromatic carbocycles. The number of nitrogens with zero attached hydrogens (tertiary/aromatic N) is 2. The van der Waals surface area contributed by atoms with Crippen molar-refractivity contribution in [3.63, 3.8) is 0 Å². The molecular formula is C7H5N3O3. The zero-order valence-electron chi connectivity index (χ0n) is 6.44. The third-order valence-corrected chi connectivity index (χ3v) is 1.74. The van der Waals surface area contributed by atoms with Crippen molar-refractivity contribution in [2.45, 2.75) is 6.42 Å². The molecule has 6 nitrogen and oxygen atoms in total. The van der Waals surface area contributed by atoms with Gasteiger partial charge in [-0.2, -0.15) is 0 Å². The van der Waals surface area contributed by atoms with E-state index in [9.17, 15) is 9.59 Å². The van der Waals surface area contributed by atoms with Gasteiger partial charge in [0.15, 0.2) is 5.69 Å². The predicted molar refractivity (Wildman–Crippen MR) is 41.3 cm³/mol. The summed E-state index contributed by atoms with van der Waals surface area (Å²) in [6.45, 7) is 0. The summed E-state index contributed by atoms with van der Waals surface area (Å²) in [5.74, 6) is -1.09. The Morgan fingerprint density at radius 2 is 2.31 bits per heavy atom. The minimum Gasteiger partial charge on any atom is -0.476 e. The maximum absolute atomic E-state index is 10.9. The van der Waals surface area contributed by atoms with E-state index < -0.39 is 5.97 Å². The maximum atomic E-state index is 10.9. The fourth-order valence-corrected chi connectivity index (χ4v) is 1.21. The Bertz CT molecular complexity index is 402. The van der Waals surface area contributed by atoms with Crippen molar-refractivity contribution in [1.29, 1.82) is 0 Å². The average molecular weight is 179 g/mol. The lowest BCUT2D eigenvalue weighted by Gasteiger charge is -1.98. The molecule has 0 bridgehead atoms. The fraction of sp³-hybridized carbons (Fsp3) is 0.143. The first kappa shape index (κ1) is 7.66. The highest BCUT2D eigenvalue weighted by atomic mass is 16.4. The predicted octanol–water partition coefficient (Wildman–Crippen LogP) is -0.331. The van der Waals surface area contributed by atoms with Crippen molar-refractivity contribution in [2.75, 3.05) is 5.32 Å². The summed E-state index contributed by atoms with van der Waals surface area (Å²) < 4.78 is 0. The number of aromatic carboxylic acids is 1. The molecule has 1 aliphatic heterocycles. The molecule has 1 aromatic heterocycles. The highest BCUT2D eigenvalue weighted by Crippen LogP contribution is 2.21. The molecule has 2 rings (SSSR count). The van der Waals surface area contributed by atoms with Crippen LogP contribution in [-0.2, 0) is 11.2 Å². The standard InChI is InChI=1S/C7H5N3O3/c11-4-1-3-5(7(12)13)8-2-9-6(3)10-4/h2H,1H2,(H,12,13)(H,8,9,10,11). The molecule has 2 heterocycles. The van der Waals surface area contributed by atoms with Gasteiger partial charge in [-0.15, -0.1) is 0 Å². The van der Waals surface area contributed by atoms with Crippen LogP contribution in [0.25, 0.3) is 0 Å². The number of hydrogen-bond acceptors (Lipinski definition) is 4. The SMILES string of the molecule is O=C1Cc2c(ncnc2C(=O)O)N1. The maximum Gasteiger partial charge on any atom is 0.354 e. The van der Waals surface area contributed by atoms with Gasteiger partial charge in [0, 0.05) is 5.56 Å². The van der Waals surface area contributed by atoms with E-state index in [-0.39, 0.29) is 18.0 Å². The van der Waals surface area contributed by atoms with Gasteiger partial charge >= 0.3 is 5.97 Å². The zero-order chi connectivity index (χ0) is 9.42. The van der Waals surface area contributed by atoms with Crippen molar-refractivity contribution in [1.82, 2.24) is 9.97 Å². The largest absolute Gasteiger partial charge is 0.476 e. The Kier molecular flexibility index (Phi) is 1.48. The summed E-state index contributed by atoms with van der Waals surface area (Å²) in [7, 11) is 0. The van der Waals surface area contributed by atoms with E-state index in [2.05, 4.69) is 15.3 Å². The number of carboxylic acids is 1. The second-order valence-corrected chi connectivity index (χ2v) is 2.58. The van der Waals surface area contributed by atoms with Gasteiger partial charge in [-0.25, -0.2) is 14.8 Å². The molecule has 0 unspecified atom stereocenters. The molecule has 0 spiro atoms. The van der Waals surface area contributed by atoms with Gasteiger partial charge in [0.1, 0.15) is 12.1 Å². The second-order valence-electron chi connectivity index (χ2n) is 2.58. The van der Waals surface area contributed by atoms with Crippen molar-refractivity contribution >= 4 is 17.7 Å². The number of rotatable bonds is 1. The third kappa shape index (κ3) is 1.12. The molecule has 0 saturated heterocycles. The Morgan fingerprint density at radius 1 is 1.54 bits per heavy atom. The van der Waals surface area contributed by atoms with Crippen LogP contribution >= 0.6 is 0 Å². The molecule has 6 heteroatoms. The first-order valence-electron chi connectivity index (χ1n) is 3.55. The topological polar surface area (TPSA) is 92.2 Å². The number of fused-ring (bicyclic) bond motifs is 1. The normalized spacial score (nSPS) is 13.7. The van der Waals surface area contributed by atoms with Crippen LogP contribution in [0.2, 0.25) is 0 Å². The zero-order valence-corrected chi connectivity index (χ0v) is 6.44. The van der Waals surface area contributed by atoms with Gasteiger partial charge in [0.25, 0.3) is 0 Å². The van der Waals surface area contributed by atoms with Gasteiger partial charge in [-0.05, 0) is 0 Å². The summed E-state index contributed by atoms with van der Waals surface area (Å²) in [4.78, 5) is 28.9. The van der Waals surface area contributed by atoms with E-state index in [4.69, 9.17) is 5.11 Å². The van der Waals surface area contributed by atoms with E-state index in [1.807, 2.05) is 0 Å². The van der Waals surface area contributed by atoms with E-state index in [1.165, 1.54) is 0 Å². The lowest BCUT2D eigenvalue weighted by molar-refractivity contribution is -0.115. The Labute approximate surface area is 72.6 Å². The van der Waals surface area contributed by atoms with E-state index in [0.29, 0.717) is 11.4 Å². The van der Waals surface area contributed by atoms with Crippen molar-refractivity contribution in [3.8, 4) is 0 Å². The Morgan fingerprint density at radius 3 is 3.00 bits per heavy atom. The minimum absolute atomic E-state index is 0.0395. The van der Waals surface area contributed by atoms with Crippen molar-refractivity contribution in [3.05, 3.63) is 17.6 Å². The van der Waals surface area contributed by atoms with Crippen LogP contribution in [0.3, 0.4) is 0 Å². The molecule has 0 atom stereocenters. The number of anilines is 1. The molecule has 0 fully saturated rings. The van der Waals surface area contributed by atoms with E-state index in [1.54, 1.807) is 0 Å². The van der Waals surface area contributed by atoms with Crippen LogP contribution in [0.1, 0.15) is 16.1 Å². The molecule has 0 aliphatic carbocycles. The number of carboxylic acid groups (broad SMARTS) is 1. The Hall–Kier alpha value is -1.98. The molecule has 0 saturated carbocycles. The molecule has 0 radical (unpaired) electrons. The Balaban J connectivity index is 2.57. The van der Waals surface area contributed by atoms with Crippen LogP contribution < -0.4 is 5.32 Å². The monoisotopic (exact) mass is 179 g/mol. The van der Waals surface area contributed by atoms with Crippen LogP contribution in [0, 0.1) is 0 Å². The number of aromatic nitrogens is 2. The van der Waals surface area contributed by atoms with Crippen molar-refractivity contribution in [2.24, 2.45) is 0 Å². The minimum atomic E-state index is -1.14. The summed E-state index contributed by atoms with van der Waals surface area (Å²) in [6.07, 6.45) is 1.16. The van der Waals surface area contributed by atoms with Gasteiger partial charge in [0.2, 0.25) is 5.91 Å². The third-order valence-electron chi connectivity index (χ3n) is 1.74. The number of carbonyl (C=O) groups excluding carboxylic acids is 1. The molecule has 2 N–H and O–H groups in total. The van der Waals surface area contributed by atoms with Crippen LogP contribution in [0.5, 0.6) is 0 Å². The van der Waals surface area contributed by atoms with Crippen molar-refractivity contribution < 1.29 is 14.7 Å². The average Bonchev–Trinajstić information content (AvgIpc) is 2.43. The fourth-order valence-electron chi connectivity index (χ4n) is 1.21. The van der Waals surface area contributed by atoms with E-state index in [0.717, 1.165) is 6.33 Å². The highest BCUT2D eigenvalue weighted by Gasteiger charge is 2.25. The van der Waals surface area contributed by atoms with Crippen LogP contribution in [0.4, 0.5) is 5.82 Å². The van der Waals surface area contributed by atoms with Crippen LogP contribution in [0.15, 0.2) is 6.33 Å². The molecule has 13 heavy (non-hydrogen) atoms. The van der Waals surface area contributed by atoms with Gasteiger partial charge in [-0.1, -0.05) is 0 Å². The summed E-state index contributed by atoms with van der Waals surface area (Å²) in [5, 5.41) is 11.1. The molecular weight excluding hydrogens is 174 g/mol. The summed E-state index contributed by atoms with van der Waals surface area (Å²) in [5.41, 5.74) is 0.253. The van der Waals surface area contributed by atoms with E-state index >= 15 is 0 Å². The van der Waals surface area contributed by atoms with Gasteiger partial charge in [-0.3, -0.25) is 4.79 Å². The number of hydrogen-bond donors (Lipinski definition) is 2. The van der Waals surface area contributed by atoms with Gasteiger partial charge in [0.05, 0.1) is 6.42 Å².